The summed E-state index contributed by atoms with van der Waals surface area (Å²) in [5.74, 6) is -118. The molecular weight excluding hydrogens is 1060 g/mol. The SMILES string of the molecule is CC1(C)O[C@H](COCCCC(F)(F)C(F)(F)C(F)(F)C(F)(F)C(F)(F)C(F)(F)C(F)(F)C(F)(F)F)[C@@H](COCCCC(F)(F)C(F)(F)C(F)(F)C(F)(F)C(F)(F)C(F)(F)C(F)(F)C(F)(F)F)O1. The molecule has 0 unspecified atom stereocenters. The molecule has 1 saturated heterocycles. The highest BCUT2D eigenvalue weighted by molar-refractivity contribution is 5.16. The van der Waals surface area contributed by atoms with Gasteiger partial charge in [-0.15, -0.1) is 0 Å². The Morgan fingerprint density at radius 3 is 0.716 bits per heavy atom. The van der Waals surface area contributed by atoms with E-state index < -0.39 is 165 Å². The molecule has 38 heteroatoms. The first-order chi connectivity index (χ1) is 28.9. The molecule has 0 aromatic rings. The van der Waals surface area contributed by atoms with E-state index >= 15 is 0 Å². The van der Waals surface area contributed by atoms with Crippen LogP contribution < -0.4 is 0 Å². The molecule has 1 rings (SSSR count). The number of halogens is 34. The topological polar surface area (TPSA) is 36.9 Å². The fraction of sp³-hybridized carbons (Fsp3) is 1.00. The van der Waals surface area contributed by atoms with Gasteiger partial charge in [0.1, 0.15) is 12.2 Å². The minimum absolute atomic E-state index is 0.991. The van der Waals surface area contributed by atoms with E-state index in [0.29, 0.717) is 0 Å². The van der Waals surface area contributed by atoms with Crippen molar-refractivity contribution in [2.45, 2.75) is 153 Å². The average molecular weight is 1080 g/mol. The van der Waals surface area contributed by atoms with Crippen molar-refractivity contribution in [1.82, 2.24) is 0 Å². The quantitative estimate of drug-likeness (QED) is 0.0713. The molecule has 0 spiro atoms. The van der Waals surface area contributed by atoms with Crippen LogP contribution in [-0.2, 0) is 18.9 Å². The van der Waals surface area contributed by atoms with Gasteiger partial charge in [0.05, 0.1) is 13.2 Å². The molecule has 1 aliphatic rings. The summed E-state index contributed by atoms with van der Waals surface area (Å²) in [6.07, 6.45) is -28.8. The fourth-order valence-electron chi connectivity index (χ4n) is 5.09. The van der Waals surface area contributed by atoms with Crippen LogP contribution in [0.4, 0.5) is 149 Å². The normalized spacial score (nSPS) is 20.2. The number of rotatable bonds is 24. The molecule has 1 fully saturated rings. The Bertz CT molecular complexity index is 1550. The highest BCUT2D eigenvalue weighted by Crippen LogP contribution is 2.66. The van der Waals surface area contributed by atoms with Crippen LogP contribution in [0.2, 0.25) is 0 Å². The van der Waals surface area contributed by atoms with Crippen LogP contribution in [0.25, 0.3) is 0 Å². The van der Waals surface area contributed by atoms with Gasteiger partial charge < -0.3 is 18.9 Å². The molecule has 2 atom stereocenters. The number of ether oxygens (including phenoxy) is 4. The minimum Gasteiger partial charge on any atom is -0.379 e. The zero-order valence-corrected chi connectivity index (χ0v) is 31.8. The zero-order valence-electron chi connectivity index (χ0n) is 31.8. The van der Waals surface area contributed by atoms with E-state index in [1.54, 1.807) is 0 Å². The molecule has 0 amide bonds. The summed E-state index contributed by atoms with van der Waals surface area (Å²) in [7, 11) is 0. The first kappa shape index (κ1) is 62.5. The van der Waals surface area contributed by atoms with Crippen molar-refractivity contribution < 1.29 is 168 Å². The minimum atomic E-state index is -8.87. The van der Waals surface area contributed by atoms with Gasteiger partial charge in [-0.05, 0) is 26.7 Å². The maximum Gasteiger partial charge on any atom is 0.460 e. The Morgan fingerprint density at radius 1 is 0.313 bits per heavy atom. The molecule has 0 aliphatic carbocycles. The van der Waals surface area contributed by atoms with Crippen molar-refractivity contribution in [3.63, 3.8) is 0 Å². The van der Waals surface area contributed by atoms with Crippen molar-refractivity contribution in [2.24, 2.45) is 0 Å². The van der Waals surface area contributed by atoms with Crippen molar-refractivity contribution in [2.75, 3.05) is 26.4 Å². The summed E-state index contributed by atoms with van der Waals surface area (Å²) in [4.78, 5) is 0. The Hall–Kier alpha value is -2.54. The number of hydrogen-bond acceptors (Lipinski definition) is 4. The Morgan fingerprint density at radius 2 is 0.507 bits per heavy atom. The van der Waals surface area contributed by atoms with Gasteiger partial charge in [0.25, 0.3) is 0 Å². The van der Waals surface area contributed by atoms with Gasteiger partial charge in [-0.3, -0.25) is 0 Å². The van der Waals surface area contributed by atoms with E-state index in [2.05, 4.69) is 9.47 Å². The lowest BCUT2D eigenvalue weighted by Gasteiger charge is -2.42. The van der Waals surface area contributed by atoms with E-state index in [1.807, 2.05) is 0 Å². The molecule has 67 heavy (non-hydrogen) atoms. The molecule has 0 saturated carbocycles. The van der Waals surface area contributed by atoms with Gasteiger partial charge in [0.2, 0.25) is 0 Å². The third-order valence-electron chi connectivity index (χ3n) is 8.98. The molecule has 0 N–H and O–H groups in total. The lowest BCUT2D eigenvalue weighted by atomic mass is 9.88. The molecular formula is C29H24F34O4. The molecule has 0 aromatic carbocycles. The fourth-order valence-corrected chi connectivity index (χ4v) is 5.09. The second kappa shape index (κ2) is 17.9. The average Bonchev–Trinajstić information content (AvgIpc) is 3.41. The van der Waals surface area contributed by atoms with E-state index in [9.17, 15) is 149 Å². The standard InChI is InChI=1S/C29H24F34O4/c1-13(2)66-11(9-64-7-3-5-14(30,31)16(34,35)18(38,39)20(42,43)22(46,47)24(50,51)26(54,55)28(58,59)60)12(67-13)10-65-8-4-6-15(32,33)17(36,37)19(40,41)21(44,45)23(48,49)25(52,53)27(56,57)29(61,62)63/h11-12H,3-10H2,1-2H3/t11-,12-/m1/s1. The van der Waals surface area contributed by atoms with E-state index in [1.165, 1.54) is 0 Å². The maximum absolute atomic E-state index is 14.1. The second-order valence-electron chi connectivity index (χ2n) is 14.4. The van der Waals surface area contributed by atoms with Crippen LogP contribution in [-0.4, -0.2) is 140 Å². The van der Waals surface area contributed by atoms with Crippen LogP contribution in [0, 0.1) is 0 Å². The third kappa shape index (κ3) is 9.92. The number of hydrogen-bond donors (Lipinski definition) is 0. The molecule has 1 aliphatic heterocycles. The van der Waals surface area contributed by atoms with E-state index in [4.69, 9.17) is 9.47 Å². The molecule has 0 radical (unpaired) electrons. The van der Waals surface area contributed by atoms with Gasteiger partial charge in [-0.1, -0.05) is 0 Å². The first-order valence-corrected chi connectivity index (χ1v) is 16.8. The zero-order chi connectivity index (χ0) is 54.1. The number of alkyl halides is 34. The Balaban J connectivity index is 3.02. The van der Waals surface area contributed by atoms with Crippen molar-refractivity contribution in [3.05, 3.63) is 0 Å². The van der Waals surface area contributed by atoms with Crippen LogP contribution in [0.3, 0.4) is 0 Å². The van der Waals surface area contributed by atoms with Gasteiger partial charge in [-0.2, -0.15) is 149 Å². The smallest absolute Gasteiger partial charge is 0.379 e. The second-order valence-corrected chi connectivity index (χ2v) is 14.4. The van der Waals surface area contributed by atoms with Crippen LogP contribution in [0.1, 0.15) is 39.5 Å². The molecule has 402 valence electrons. The molecule has 1 heterocycles. The predicted octanol–water partition coefficient (Wildman–Crippen LogP) is 13.1. The monoisotopic (exact) mass is 1080 g/mol. The van der Waals surface area contributed by atoms with Gasteiger partial charge in [0.15, 0.2) is 5.79 Å². The lowest BCUT2D eigenvalue weighted by Crippen LogP contribution is -2.74. The summed E-state index contributed by atoms with van der Waals surface area (Å²) in [6.45, 7) is -3.23. The van der Waals surface area contributed by atoms with Crippen LogP contribution in [0.15, 0.2) is 0 Å². The summed E-state index contributed by atoms with van der Waals surface area (Å²) in [5.41, 5.74) is 0. The summed E-state index contributed by atoms with van der Waals surface area (Å²) < 4.78 is 476. The van der Waals surface area contributed by atoms with E-state index in [-0.39, 0.29) is 0 Å². The molecule has 0 bridgehead atoms. The van der Waals surface area contributed by atoms with E-state index in [0.717, 1.165) is 13.8 Å². The third-order valence-corrected chi connectivity index (χ3v) is 8.98. The van der Waals surface area contributed by atoms with Crippen molar-refractivity contribution >= 4 is 0 Å². The largest absolute Gasteiger partial charge is 0.460 e. The van der Waals surface area contributed by atoms with Gasteiger partial charge in [-0.25, -0.2) is 0 Å². The van der Waals surface area contributed by atoms with Crippen LogP contribution in [0.5, 0.6) is 0 Å². The first-order valence-electron chi connectivity index (χ1n) is 16.8. The van der Waals surface area contributed by atoms with Crippen molar-refractivity contribution in [1.29, 1.82) is 0 Å². The van der Waals surface area contributed by atoms with Gasteiger partial charge >= 0.3 is 95.3 Å². The molecule has 0 aromatic heterocycles. The van der Waals surface area contributed by atoms with Crippen LogP contribution >= 0.6 is 0 Å². The highest BCUT2D eigenvalue weighted by Gasteiger charge is 2.97. The summed E-state index contributed by atoms with van der Waals surface area (Å²) >= 11 is 0. The summed E-state index contributed by atoms with van der Waals surface area (Å²) in [5, 5.41) is 0. The molecule has 4 nitrogen and oxygen atoms in total. The Labute approximate surface area is 348 Å². The highest BCUT2D eigenvalue weighted by atomic mass is 19.4. The maximum atomic E-state index is 14.1. The lowest BCUT2D eigenvalue weighted by molar-refractivity contribution is -0.461. The van der Waals surface area contributed by atoms with Crippen molar-refractivity contribution in [3.8, 4) is 0 Å². The predicted molar refractivity (Wildman–Crippen MR) is 145 cm³/mol. The van der Waals surface area contributed by atoms with Gasteiger partial charge in [0, 0.05) is 26.1 Å². The summed E-state index contributed by atoms with van der Waals surface area (Å²) in [6, 6.07) is 0. The Kier molecular flexibility index (Phi) is 16.7.